The summed E-state index contributed by atoms with van der Waals surface area (Å²) in [5.74, 6) is 1.31. The molecule has 1 aliphatic rings. The van der Waals surface area contributed by atoms with Crippen molar-refractivity contribution in [2.45, 2.75) is 26.2 Å². The predicted octanol–water partition coefficient (Wildman–Crippen LogP) is 0.221. The van der Waals surface area contributed by atoms with Crippen molar-refractivity contribution in [3.8, 4) is 11.5 Å². The van der Waals surface area contributed by atoms with Crippen LogP contribution in [0.3, 0.4) is 0 Å². The van der Waals surface area contributed by atoms with Crippen molar-refractivity contribution in [3.05, 3.63) is 23.8 Å². The maximum absolute atomic E-state index is 12.2. The number of amides is 1. The summed E-state index contributed by atoms with van der Waals surface area (Å²) in [4.78, 5) is 25.2. The van der Waals surface area contributed by atoms with Crippen LogP contribution in [0.15, 0.2) is 18.2 Å². The minimum absolute atomic E-state index is 0.0122. The van der Waals surface area contributed by atoms with E-state index >= 15 is 0 Å². The molecule has 7 nitrogen and oxygen atoms in total. The highest BCUT2D eigenvalue weighted by molar-refractivity contribution is 5.76. The summed E-state index contributed by atoms with van der Waals surface area (Å²) in [6, 6.07) is 5.77. The van der Waals surface area contributed by atoms with E-state index < -0.39 is 0 Å². The number of hydrogen-bond donors (Lipinski definition) is 2. The molecule has 0 saturated carbocycles. The van der Waals surface area contributed by atoms with Crippen molar-refractivity contribution in [2.75, 3.05) is 47.0 Å². The molecule has 0 aromatic heterocycles. The Hall–Kier alpha value is -2.28. The number of carbonyl (C=O) groups excluding carboxylic acids is 2. The van der Waals surface area contributed by atoms with Crippen molar-refractivity contribution >= 4 is 11.9 Å². The van der Waals surface area contributed by atoms with E-state index in [-0.39, 0.29) is 17.8 Å². The van der Waals surface area contributed by atoms with Gasteiger partial charge >= 0.3 is 5.97 Å². The molecule has 7 heteroatoms. The van der Waals surface area contributed by atoms with Gasteiger partial charge < -0.3 is 24.4 Å². The SMILES string of the molecule is CCOC(=O)C1CC[NH+](CC(=O)NCCc2ccc(OC)c(OC)c2)CC1. The number of benzene rings is 1. The Balaban J connectivity index is 1.69. The number of nitrogens with one attached hydrogen (secondary N) is 2. The van der Waals surface area contributed by atoms with Crippen molar-refractivity contribution in [1.29, 1.82) is 0 Å². The van der Waals surface area contributed by atoms with Gasteiger partial charge in [0.1, 0.15) is 0 Å². The second kappa shape index (κ2) is 10.8. The van der Waals surface area contributed by atoms with Gasteiger partial charge in [0, 0.05) is 19.4 Å². The molecule has 150 valence electrons. The molecule has 1 amide bonds. The van der Waals surface area contributed by atoms with Gasteiger partial charge in [-0.25, -0.2) is 0 Å². The number of carbonyl (C=O) groups is 2. The van der Waals surface area contributed by atoms with E-state index in [1.165, 1.54) is 4.90 Å². The van der Waals surface area contributed by atoms with E-state index in [2.05, 4.69) is 5.32 Å². The third-order valence-corrected chi connectivity index (χ3v) is 4.91. The molecule has 0 spiro atoms. The first-order valence-electron chi connectivity index (χ1n) is 9.55. The Morgan fingerprint density at radius 3 is 2.48 bits per heavy atom. The average molecular weight is 379 g/mol. The van der Waals surface area contributed by atoms with Crippen LogP contribution in [0.25, 0.3) is 0 Å². The first-order valence-corrected chi connectivity index (χ1v) is 9.55. The summed E-state index contributed by atoms with van der Waals surface area (Å²) in [6.07, 6.45) is 2.30. The minimum Gasteiger partial charge on any atom is -0.493 e. The second-order valence-corrected chi connectivity index (χ2v) is 6.74. The number of hydrogen-bond acceptors (Lipinski definition) is 5. The van der Waals surface area contributed by atoms with Crippen molar-refractivity contribution in [2.24, 2.45) is 5.92 Å². The normalized spacial score (nSPS) is 19.2. The molecule has 1 aromatic rings. The van der Waals surface area contributed by atoms with E-state index in [1.54, 1.807) is 14.2 Å². The first kappa shape index (κ1) is 21.0. The lowest BCUT2D eigenvalue weighted by molar-refractivity contribution is -0.897. The van der Waals surface area contributed by atoms with Crippen LogP contribution in [-0.4, -0.2) is 58.9 Å². The van der Waals surface area contributed by atoms with Gasteiger partial charge in [0.2, 0.25) is 0 Å². The summed E-state index contributed by atoms with van der Waals surface area (Å²) in [6.45, 7) is 4.92. The highest BCUT2D eigenvalue weighted by Gasteiger charge is 2.29. The number of methoxy groups -OCH3 is 2. The highest BCUT2D eigenvalue weighted by Crippen LogP contribution is 2.27. The van der Waals surface area contributed by atoms with Crippen LogP contribution >= 0.6 is 0 Å². The van der Waals surface area contributed by atoms with Crippen molar-refractivity contribution < 1.29 is 28.7 Å². The zero-order chi connectivity index (χ0) is 19.6. The van der Waals surface area contributed by atoms with Crippen molar-refractivity contribution in [1.82, 2.24) is 5.32 Å². The van der Waals surface area contributed by atoms with Gasteiger partial charge in [0.15, 0.2) is 18.0 Å². The number of esters is 1. The van der Waals surface area contributed by atoms with E-state index in [1.807, 2.05) is 25.1 Å². The number of quaternary nitrogens is 1. The van der Waals surface area contributed by atoms with Crippen molar-refractivity contribution in [3.63, 3.8) is 0 Å². The van der Waals surface area contributed by atoms with Gasteiger partial charge in [0.05, 0.1) is 39.8 Å². The Labute approximate surface area is 161 Å². The lowest BCUT2D eigenvalue weighted by Crippen LogP contribution is -3.14. The quantitative estimate of drug-likeness (QED) is 0.600. The van der Waals surface area contributed by atoms with Gasteiger partial charge in [-0.3, -0.25) is 9.59 Å². The number of piperidine rings is 1. The fourth-order valence-electron chi connectivity index (χ4n) is 3.37. The molecular weight excluding hydrogens is 348 g/mol. The van der Waals surface area contributed by atoms with Crippen LogP contribution in [-0.2, 0) is 20.7 Å². The molecule has 2 N–H and O–H groups in total. The van der Waals surface area contributed by atoms with Crippen LogP contribution in [0.2, 0.25) is 0 Å². The molecule has 1 fully saturated rings. The fourth-order valence-corrected chi connectivity index (χ4v) is 3.37. The zero-order valence-corrected chi connectivity index (χ0v) is 16.5. The standard InChI is InChI=1S/C20H30N2O5/c1-4-27-20(24)16-8-11-22(12-9-16)14-19(23)21-10-7-15-5-6-17(25-2)18(13-15)26-3/h5-6,13,16H,4,7-12,14H2,1-3H3,(H,21,23)/p+1. The first-order chi connectivity index (χ1) is 13.1. The summed E-state index contributed by atoms with van der Waals surface area (Å²) >= 11 is 0. The molecule has 0 atom stereocenters. The van der Waals surface area contributed by atoms with E-state index in [4.69, 9.17) is 14.2 Å². The fraction of sp³-hybridized carbons (Fsp3) is 0.600. The Bertz CT molecular complexity index is 627. The van der Waals surface area contributed by atoms with Gasteiger partial charge in [-0.15, -0.1) is 0 Å². The van der Waals surface area contributed by atoms with Crippen LogP contribution in [0.5, 0.6) is 11.5 Å². The maximum Gasteiger partial charge on any atom is 0.309 e. The van der Waals surface area contributed by atoms with Gasteiger partial charge in [0.25, 0.3) is 5.91 Å². The lowest BCUT2D eigenvalue weighted by atomic mass is 9.97. The summed E-state index contributed by atoms with van der Waals surface area (Å²) < 4.78 is 15.6. The third kappa shape index (κ3) is 6.43. The molecule has 1 aromatic carbocycles. The smallest absolute Gasteiger partial charge is 0.309 e. The molecule has 0 radical (unpaired) electrons. The maximum atomic E-state index is 12.2. The van der Waals surface area contributed by atoms with Crippen LogP contribution in [0.1, 0.15) is 25.3 Å². The van der Waals surface area contributed by atoms with Crippen LogP contribution in [0.4, 0.5) is 0 Å². The Morgan fingerprint density at radius 1 is 1.15 bits per heavy atom. The second-order valence-electron chi connectivity index (χ2n) is 6.74. The largest absolute Gasteiger partial charge is 0.493 e. The Kier molecular flexibility index (Phi) is 8.39. The van der Waals surface area contributed by atoms with Crippen LogP contribution in [0, 0.1) is 5.92 Å². The molecule has 0 aliphatic carbocycles. The summed E-state index contributed by atoms with van der Waals surface area (Å²) in [5, 5.41) is 2.98. The summed E-state index contributed by atoms with van der Waals surface area (Å²) in [5.41, 5.74) is 1.08. The molecule has 0 unspecified atom stereocenters. The molecule has 1 heterocycles. The minimum atomic E-state index is -0.101. The molecule has 1 aliphatic heterocycles. The number of ether oxygens (including phenoxy) is 3. The van der Waals surface area contributed by atoms with E-state index in [0.717, 1.165) is 37.9 Å². The van der Waals surface area contributed by atoms with E-state index in [0.29, 0.717) is 31.2 Å². The lowest BCUT2D eigenvalue weighted by Gasteiger charge is -2.27. The molecule has 0 bridgehead atoms. The average Bonchev–Trinajstić information content (AvgIpc) is 2.68. The number of rotatable bonds is 9. The zero-order valence-electron chi connectivity index (χ0n) is 16.5. The van der Waals surface area contributed by atoms with Gasteiger partial charge in [-0.1, -0.05) is 6.07 Å². The molecule has 27 heavy (non-hydrogen) atoms. The van der Waals surface area contributed by atoms with Gasteiger partial charge in [-0.2, -0.15) is 0 Å². The molecule has 1 saturated heterocycles. The predicted molar refractivity (Wildman–Crippen MR) is 101 cm³/mol. The third-order valence-electron chi connectivity index (χ3n) is 4.91. The highest BCUT2D eigenvalue weighted by atomic mass is 16.5. The number of likely N-dealkylation sites (tertiary alicyclic amines) is 1. The summed E-state index contributed by atoms with van der Waals surface area (Å²) in [7, 11) is 3.22. The van der Waals surface area contributed by atoms with Gasteiger partial charge in [-0.05, 0) is 31.0 Å². The topological polar surface area (TPSA) is 78.3 Å². The van der Waals surface area contributed by atoms with E-state index in [9.17, 15) is 9.59 Å². The monoisotopic (exact) mass is 379 g/mol. The van der Waals surface area contributed by atoms with Crippen LogP contribution < -0.4 is 19.7 Å². The molecule has 2 rings (SSSR count). The molecular formula is C20H31N2O5+. The Morgan fingerprint density at radius 2 is 1.85 bits per heavy atom.